The number of halogens is 1. The van der Waals surface area contributed by atoms with Gasteiger partial charge >= 0.3 is 0 Å². The van der Waals surface area contributed by atoms with Crippen LogP contribution in [0.15, 0.2) is 36.4 Å². The molecule has 5 heteroatoms. The summed E-state index contributed by atoms with van der Waals surface area (Å²) in [5, 5.41) is 22.0. The first-order valence-corrected chi connectivity index (χ1v) is 7.51. The Bertz CT molecular complexity index is 589. The number of nitrogens with zero attached hydrogens (tertiary/aromatic N) is 1. The van der Waals surface area contributed by atoms with Crippen LogP contribution in [0.1, 0.15) is 22.1 Å². The quantitative estimate of drug-likeness (QED) is 0.806. The summed E-state index contributed by atoms with van der Waals surface area (Å²) >= 11 is 7.44. The fourth-order valence-electron chi connectivity index (χ4n) is 1.83. The molecule has 0 fully saturated rings. The molecule has 2 N–H and O–H groups in total. The third-order valence-electron chi connectivity index (χ3n) is 2.94. The lowest BCUT2D eigenvalue weighted by Gasteiger charge is -2.12. The van der Waals surface area contributed by atoms with Crippen molar-refractivity contribution in [3.8, 4) is 6.07 Å². The maximum Gasteiger partial charge on any atom is 0.0991 e. The van der Waals surface area contributed by atoms with Crippen LogP contribution in [-0.2, 0) is 6.42 Å². The number of rotatable bonds is 6. The second kappa shape index (κ2) is 7.41. The van der Waals surface area contributed by atoms with Crippen molar-refractivity contribution in [1.82, 2.24) is 5.32 Å². The van der Waals surface area contributed by atoms with E-state index < -0.39 is 6.10 Å². The lowest BCUT2D eigenvalue weighted by Crippen LogP contribution is -2.23. The van der Waals surface area contributed by atoms with Gasteiger partial charge in [0.1, 0.15) is 0 Å². The van der Waals surface area contributed by atoms with Crippen molar-refractivity contribution >= 4 is 22.9 Å². The summed E-state index contributed by atoms with van der Waals surface area (Å²) < 4.78 is 0.803. The second-order valence-electron chi connectivity index (χ2n) is 4.41. The van der Waals surface area contributed by atoms with E-state index in [1.165, 1.54) is 4.88 Å². The first-order chi connectivity index (χ1) is 9.69. The minimum atomic E-state index is -0.560. The number of hydrogen-bond donors (Lipinski definition) is 2. The molecule has 0 aliphatic heterocycles. The lowest BCUT2D eigenvalue weighted by molar-refractivity contribution is 0.175. The zero-order valence-corrected chi connectivity index (χ0v) is 12.4. The normalized spacial score (nSPS) is 12.1. The molecule has 1 aromatic heterocycles. The first kappa shape index (κ1) is 15.0. The van der Waals surface area contributed by atoms with Crippen molar-refractivity contribution in [3.05, 3.63) is 56.7 Å². The molecule has 0 saturated carbocycles. The molecular formula is C15H15ClN2OS. The highest BCUT2D eigenvalue weighted by Crippen LogP contribution is 2.21. The van der Waals surface area contributed by atoms with E-state index in [1.807, 2.05) is 12.1 Å². The molecule has 2 aromatic rings. The maximum atomic E-state index is 10.0. The predicted molar refractivity (Wildman–Crippen MR) is 82.0 cm³/mol. The summed E-state index contributed by atoms with van der Waals surface area (Å²) in [4.78, 5) is 1.23. The van der Waals surface area contributed by atoms with E-state index in [1.54, 1.807) is 35.6 Å². The molecule has 2 rings (SSSR count). The first-order valence-electron chi connectivity index (χ1n) is 6.32. The summed E-state index contributed by atoms with van der Waals surface area (Å²) in [5.41, 5.74) is 1.42. The molecule has 1 heterocycles. The van der Waals surface area contributed by atoms with E-state index in [4.69, 9.17) is 16.9 Å². The zero-order chi connectivity index (χ0) is 14.4. The van der Waals surface area contributed by atoms with Gasteiger partial charge in [-0.2, -0.15) is 5.26 Å². The van der Waals surface area contributed by atoms with Crippen LogP contribution in [0.25, 0.3) is 0 Å². The molecule has 0 aliphatic carbocycles. The highest BCUT2D eigenvalue weighted by Gasteiger charge is 2.07. The number of aliphatic hydroxyl groups is 1. The van der Waals surface area contributed by atoms with Crippen molar-refractivity contribution < 1.29 is 5.11 Å². The summed E-state index contributed by atoms with van der Waals surface area (Å²) in [5.74, 6) is 0. The molecule has 0 bridgehead atoms. The van der Waals surface area contributed by atoms with Crippen molar-refractivity contribution in [2.75, 3.05) is 13.1 Å². The number of benzene rings is 1. The third kappa shape index (κ3) is 4.32. The Balaban J connectivity index is 1.74. The van der Waals surface area contributed by atoms with Crippen LogP contribution in [0.3, 0.4) is 0 Å². The van der Waals surface area contributed by atoms with Crippen LogP contribution in [0.5, 0.6) is 0 Å². The van der Waals surface area contributed by atoms with Gasteiger partial charge in [0.25, 0.3) is 0 Å². The molecule has 0 aliphatic rings. The van der Waals surface area contributed by atoms with Crippen LogP contribution in [0, 0.1) is 11.3 Å². The molecule has 1 aromatic carbocycles. The van der Waals surface area contributed by atoms with Crippen LogP contribution in [0.2, 0.25) is 4.34 Å². The van der Waals surface area contributed by atoms with Gasteiger partial charge in [0.2, 0.25) is 0 Å². The fourth-order valence-corrected chi connectivity index (χ4v) is 2.92. The van der Waals surface area contributed by atoms with Gasteiger partial charge in [-0.1, -0.05) is 23.7 Å². The minimum absolute atomic E-state index is 0.491. The summed E-state index contributed by atoms with van der Waals surface area (Å²) in [6.45, 7) is 1.29. The molecule has 1 unspecified atom stereocenters. The van der Waals surface area contributed by atoms with Crippen LogP contribution >= 0.6 is 22.9 Å². The molecule has 1 atom stereocenters. The van der Waals surface area contributed by atoms with Gasteiger partial charge in [-0.15, -0.1) is 11.3 Å². The molecule has 3 nitrogen and oxygen atoms in total. The number of thiophene rings is 1. The highest BCUT2D eigenvalue weighted by molar-refractivity contribution is 7.16. The van der Waals surface area contributed by atoms with Gasteiger partial charge in [-0.05, 0) is 36.2 Å². The average Bonchev–Trinajstić information content (AvgIpc) is 2.89. The van der Waals surface area contributed by atoms with Gasteiger partial charge in [0, 0.05) is 18.0 Å². The van der Waals surface area contributed by atoms with Crippen LogP contribution in [-0.4, -0.2) is 18.2 Å². The summed E-state index contributed by atoms with van der Waals surface area (Å²) in [7, 11) is 0. The number of nitriles is 1. The van der Waals surface area contributed by atoms with Gasteiger partial charge in [0.15, 0.2) is 0 Å². The Morgan fingerprint density at radius 3 is 2.60 bits per heavy atom. The maximum absolute atomic E-state index is 10.0. The summed E-state index contributed by atoms with van der Waals surface area (Å²) in [6, 6.07) is 13.0. The van der Waals surface area contributed by atoms with E-state index in [0.29, 0.717) is 12.1 Å². The standard InChI is InChI=1S/C15H15ClN2OS/c16-15-6-5-13(20-15)7-8-18-10-14(19)12-3-1-11(9-17)2-4-12/h1-6,14,18-19H,7-8,10H2. The Labute approximate surface area is 127 Å². The topological polar surface area (TPSA) is 56.0 Å². The Morgan fingerprint density at radius 2 is 2.00 bits per heavy atom. The predicted octanol–water partition coefficient (Wildman–Crippen LogP) is 3.14. The zero-order valence-electron chi connectivity index (χ0n) is 10.8. The number of nitrogens with one attached hydrogen (secondary N) is 1. The molecule has 20 heavy (non-hydrogen) atoms. The second-order valence-corrected chi connectivity index (χ2v) is 6.21. The highest BCUT2D eigenvalue weighted by atomic mass is 35.5. The Morgan fingerprint density at radius 1 is 1.25 bits per heavy atom. The lowest BCUT2D eigenvalue weighted by atomic mass is 10.1. The van der Waals surface area contributed by atoms with Crippen molar-refractivity contribution in [3.63, 3.8) is 0 Å². The van der Waals surface area contributed by atoms with E-state index in [2.05, 4.69) is 11.4 Å². The largest absolute Gasteiger partial charge is 0.387 e. The number of hydrogen-bond acceptors (Lipinski definition) is 4. The summed E-state index contributed by atoms with van der Waals surface area (Å²) in [6.07, 6.45) is 0.340. The Hall–Kier alpha value is -1.38. The minimum Gasteiger partial charge on any atom is -0.387 e. The molecule has 0 saturated heterocycles. The third-order valence-corrected chi connectivity index (χ3v) is 4.23. The van der Waals surface area contributed by atoms with Crippen molar-refractivity contribution in [2.24, 2.45) is 0 Å². The van der Waals surface area contributed by atoms with E-state index in [0.717, 1.165) is 22.9 Å². The van der Waals surface area contributed by atoms with Crippen molar-refractivity contribution in [2.45, 2.75) is 12.5 Å². The molecule has 0 radical (unpaired) electrons. The van der Waals surface area contributed by atoms with Crippen LogP contribution in [0.4, 0.5) is 0 Å². The molecule has 0 spiro atoms. The average molecular weight is 307 g/mol. The smallest absolute Gasteiger partial charge is 0.0991 e. The van der Waals surface area contributed by atoms with E-state index >= 15 is 0 Å². The van der Waals surface area contributed by atoms with E-state index in [9.17, 15) is 5.11 Å². The van der Waals surface area contributed by atoms with Gasteiger partial charge in [0.05, 0.1) is 22.1 Å². The molecule has 104 valence electrons. The van der Waals surface area contributed by atoms with Gasteiger partial charge in [-0.3, -0.25) is 0 Å². The van der Waals surface area contributed by atoms with E-state index in [-0.39, 0.29) is 0 Å². The SMILES string of the molecule is N#Cc1ccc(C(O)CNCCc2ccc(Cl)s2)cc1. The van der Waals surface area contributed by atoms with Crippen LogP contribution < -0.4 is 5.32 Å². The number of aliphatic hydroxyl groups excluding tert-OH is 1. The van der Waals surface area contributed by atoms with Crippen molar-refractivity contribution in [1.29, 1.82) is 5.26 Å². The molecular weight excluding hydrogens is 292 g/mol. The van der Waals surface area contributed by atoms with Gasteiger partial charge < -0.3 is 10.4 Å². The van der Waals surface area contributed by atoms with Gasteiger partial charge in [-0.25, -0.2) is 0 Å². The molecule has 0 amide bonds. The fraction of sp³-hybridized carbons (Fsp3) is 0.267. The monoisotopic (exact) mass is 306 g/mol. The Kier molecular flexibility index (Phi) is 5.57.